The predicted octanol–water partition coefficient (Wildman–Crippen LogP) is 2.05. The monoisotopic (exact) mass is 348 g/mol. The maximum absolute atomic E-state index is 12.7. The number of rotatable bonds is 5. The molecule has 0 aliphatic carbocycles. The Labute approximate surface area is 148 Å². The lowest BCUT2D eigenvalue weighted by Crippen LogP contribution is -2.31. The van der Waals surface area contributed by atoms with Crippen molar-refractivity contribution in [1.29, 1.82) is 0 Å². The highest BCUT2D eigenvalue weighted by molar-refractivity contribution is 6.02. The number of pyridine rings is 2. The topological polar surface area (TPSA) is 96.6 Å². The number of para-hydroxylation sites is 1. The van der Waals surface area contributed by atoms with Gasteiger partial charge in [0.2, 0.25) is 0 Å². The minimum absolute atomic E-state index is 0.209. The minimum atomic E-state index is -0.790. The summed E-state index contributed by atoms with van der Waals surface area (Å²) in [6, 6.07) is 10.2. The Morgan fingerprint density at radius 2 is 2.00 bits per heavy atom. The summed E-state index contributed by atoms with van der Waals surface area (Å²) in [7, 11) is 0. The Bertz CT molecular complexity index is 1060. The normalized spacial score (nSPS) is 10.9. The predicted molar refractivity (Wildman–Crippen MR) is 99.4 cm³/mol. The molecule has 0 fully saturated rings. The second-order valence-corrected chi connectivity index (χ2v) is 5.42. The van der Waals surface area contributed by atoms with Crippen molar-refractivity contribution in [3.63, 3.8) is 0 Å². The Balaban J connectivity index is 2.01. The van der Waals surface area contributed by atoms with Gasteiger partial charge in [0.1, 0.15) is 11.3 Å². The van der Waals surface area contributed by atoms with Crippen molar-refractivity contribution in [2.45, 2.75) is 6.54 Å². The Kier molecular flexibility index (Phi) is 4.89. The summed E-state index contributed by atoms with van der Waals surface area (Å²) >= 11 is 0. The van der Waals surface area contributed by atoms with E-state index in [0.29, 0.717) is 10.9 Å². The van der Waals surface area contributed by atoms with Gasteiger partial charge in [0.25, 0.3) is 11.5 Å². The third-order valence-electron chi connectivity index (χ3n) is 3.77. The summed E-state index contributed by atoms with van der Waals surface area (Å²) in [5.74, 6) is -1.16. The van der Waals surface area contributed by atoms with Crippen LogP contribution in [0.2, 0.25) is 0 Å². The van der Waals surface area contributed by atoms with Gasteiger partial charge in [-0.25, -0.2) is 5.43 Å². The molecule has 130 valence electrons. The molecule has 0 saturated heterocycles. The van der Waals surface area contributed by atoms with Gasteiger partial charge in [-0.3, -0.25) is 14.6 Å². The number of allylic oxidation sites excluding steroid dienone is 1. The third kappa shape index (κ3) is 3.23. The number of aromatic hydroxyl groups is 1. The molecule has 2 N–H and O–H groups in total. The summed E-state index contributed by atoms with van der Waals surface area (Å²) < 4.78 is 1.38. The molecule has 0 radical (unpaired) electrons. The Morgan fingerprint density at radius 3 is 2.73 bits per heavy atom. The molecule has 0 unspecified atom stereocenters. The van der Waals surface area contributed by atoms with Crippen molar-refractivity contribution < 1.29 is 9.90 Å². The fourth-order valence-corrected chi connectivity index (χ4v) is 2.58. The van der Waals surface area contributed by atoms with E-state index in [0.717, 1.165) is 5.56 Å². The quantitative estimate of drug-likeness (QED) is 0.419. The first kappa shape index (κ1) is 17.1. The molecular formula is C19H16N4O3. The van der Waals surface area contributed by atoms with E-state index in [1.54, 1.807) is 54.9 Å². The zero-order valence-corrected chi connectivity index (χ0v) is 13.8. The van der Waals surface area contributed by atoms with Gasteiger partial charge in [0, 0.05) is 24.3 Å². The van der Waals surface area contributed by atoms with E-state index in [4.69, 9.17) is 0 Å². The molecule has 0 aliphatic heterocycles. The van der Waals surface area contributed by atoms with Crippen LogP contribution in [0.4, 0.5) is 0 Å². The summed E-state index contributed by atoms with van der Waals surface area (Å²) in [6.45, 7) is 3.84. The van der Waals surface area contributed by atoms with Gasteiger partial charge in [-0.05, 0) is 29.8 Å². The van der Waals surface area contributed by atoms with Crippen LogP contribution >= 0.6 is 0 Å². The van der Waals surface area contributed by atoms with E-state index < -0.39 is 11.5 Å². The Hall–Kier alpha value is -3.74. The summed E-state index contributed by atoms with van der Waals surface area (Å²) in [6.07, 6.45) is 6.15. The highest BCUT2D eigenvalue weighted by atomic mass is 16.3. The molecule has 2 heterocycles. The lowest BCUT2D eigenvalue weighted by atomic mass is 10.1. The lowest BCUT2D eigenvalue weighted by Gasteiger charge is -2.12. The van der Waals surface area contributed by atoms with E-state index in [1.807, 2.05) is 0 Å². The molecule has 3 rings (SSSR count). The number of hydrazone groups is 1. The first-order valence-corrected chi connectivity index (χ1v) is 7.82. The van der Waals surface area contributed by atoms with Crippen LogP contribution in [0.25, 0.3) is 10.9 Å². The third-order valence-corrected chi connectivity index (χ3v) is 3.77. The van der Waals surface area contributed by atoms with Crippen molar-refractivity contribution in [2.75, 3.05) is 0 Å². The summed E-state index contributed by atoms with van der Waals surface area (Å²) in [5.41, 5.74) is 2.55. The number of fused-ring (bicyclic) bond motifs is 1. The van der Waals surface area contributed by atoms with Crippen LogP contribution in [-0.4, -0.2) is 26.8 Å². The first-order valence-electron chi connectivity index (χ1n) is 7.82. The van der Waals surface area contributed by atoms with E-state index >= 15 is 0 Å². The fraction of sp³-hybridized carbons (Fsp3) is 0.0526. The number of hydrogen-bond acceptors (Lipinski definition) is 5. The van der Waals surface area contributed by atoms with Crippen molar-refractivity contribution in [1.82, 2.24) is 15.0 Å². The Morgan fingerprint density at radius 1 is 1.27 bits per heavy atom. The second kappa shape index (κ2) is 7.43. The standard InChI is InChI=1S/C19H16N4O3/c1-2-11-23-15-6-4-3-5-14(15)17(24)16(19(23)26)18(25)22-21-12-13-7-9-20-10-8-13/h2-10,12,24H,1,11H2,(H,22,25). The number of nitrogens with one attached hydrogen (secondary N) is 1. The van der Waals surface area contributed by atoms with Crippen molar-refractivity contribution in [3.05, 3.63) is 82.9 Å². The molecule has 1 aromatic carbocycles. The summed E-state index contributed by atoms with van der Waals surface area (Å²) in [4.78, 5) is 29.0. The first-order chi connectivity index (χ1) is 12.6. The molecule has 2 aromatic heterocycles. The van der Waals surface area contributed by atoms with E-state index in [-0.39, 0.29) is 17.9 Å². The van der Waals surface area contributed by atoms with Crippen LogP contribution < -0.4 is 11.0 Å². The largest absolute Gasteiger partial charge is 0.506 e. The second-order valence-electron chi connectivity index (χ2n) is 5.42. The van der Waals surface area contributed by atoms with Crippen LogP contribution in [0.15, 0.2) is 71.3 Å². The molecule has 26 heavy (non-hydrogen) atoms. The van der Waals surface area contributed by atoms with Gasteiger partial charge in [-0.1, -0.05) is 18.2 Å². The average molecular weight is 348 g/mol. The van der Waals surface area contributed by atoms with Crippen LogP contribution in [0.5, 0.6) is 5.75 Å². The highest BCUT2D eigenvalue weighted by Gasteiger charge is 2.21. The molecule has 0 aliphatic rings. The van der Waals surface area contributed by atoms with Crippen LogP contribution in [-0.2, 0) is 6.54 Å². The molecule has 7 nitrogen and oxygen atoms in total. The number of nitrogens with zero attached hydrogens (tertiary/aromatic N) is 3. The average Bonchev–Trinajstić information content (AvgIpc) is 2.66. The molecule has 7 heteroatoms. The maximum Gasteiger partial charge on any atom is 0.280 e. The molecule has 0 spiro atoms. The lowest BCUT2D eigenvalue weighted by molar-refractivity contribution is 0.0950. The van der Waals surface area contributed by atoms with E-state index in [1.165, 1.54) is 10.8 Å². The van der Waals surface area contributed by atoms with Gasteiger partial charge in [0.05, 0.1) is 11.7 Å². The van der Waals surface area contributed by atoms with Crippen LogP contribution in [0.3, 0.4) is 0 Å². The van der Waals surface area contributed by atoms with Crippen molar-refractivity contribution in [2.24, 2.45) is 5.10 Å². The zero-order valence-electron chi connectivity index (χ0n) is 13.8. The van der Waals surface area contributed by atoms with Crippen molar-refractivity contribution >= 4 is 23.0 Å². The van der Waals surface area contributed by atoms with Crippen molar-refractivity contribution in [3.8, 4) is 5.75 Å². The molecule has 3 aromatic rings. The smallest absolute Gasteiger partial charge is 0.280 e. The van der Waals surface area contributed by atoms with Gasteiger partial charge in [-0.2, -0.15) is 5.10 Å². The molecule has 0 bridgehead atoms. The minimum Gasteiger partial charge on any atom is -0.506 e. The number of carbonyl (C=O) groups excluding carboxylic acids is 1. The molecule has 0 saturated carbocycles. The van der Waals surface area contributed by atoms with Gasteiger partial charge >= 0.3 is 0 Å². The van der Waals surface area contributed by atoms with E-state index in [2.05, 4.69) is 22.1 Å². The molecule has 1 amide bonds. The number of hydrogen-bond donors (Lipinski definition) is 2. The van der Waals surface area contributed by atoms with Gasteiger partial charge < -0.3 is 9.67 Å². The molecular weight excluding hydrogens is 332 g/mol. The van der Waals surface area contributed by atoms with E-state index in [9.17, 15) is 14.7 Å². The number of benzene rings is 1. The fourth-order valence-electron chi connectivity index (χ4n) is 2.58. The van der Waals surface area contributed by atoms with Crippen LogP contribution in [0, 0.1) is 0 Å². The van der Waals surface area contributed by atoms with Gasteiger partial charge in [-0.15, -0.1) is 6.58 Å². The number of amides is 1. The highest BCUT2D eigenvalue weighted by Crippen LogP contribution is 2.26. The number of carbonyl (C=O) groups is 1. The van der Waals surface area contributed by atoms with Crippen LogP contribution in [0.1, 0.15) is 15.9 Å². The molecule has 0 atom stereocenters. The maximum atomic E-state index is 12.7. The summed E-state index contributed by atoms with van der Waals surface area (Å²) in [5, 5.41) is 14.7. The number of aromatic nitrogens is 2. The zero-order chi connectivity index (χ0) is 18.5. The van der Waals surface area contributed by atoms with Gasteiger partial charge in [0.15, 0.2) is 0 Å². The SMILES string of the molecule is C=CCn1c(=O)c(C(=O)NN=Cc2ccncc2)c(O)c2ccccc21.